The molecule has 0 unspecified atom stereocenters. The molecular weight excluding hydrogens is 271 g/mol. The predicted octanol–water partition coefficient (Wildman–Crippen LogP) is 2.16. The molecule has 0 spiro atoms. The van der Waals surface area contributed by atoms with Gasteiger partial charge in [0.2, 0.25) is 0 Å². The Hall–Kier alpha value is -1.20. The van der Waals surface area contributed by atoms with Gasteiger partial charge in [0, 0.05) is 18.7 Å². The van der Waals surface area contributed by atoms with Crippen molar-refractivity contribution in [2.45, 2.75) is 31.8 Å². The number of nitrogens with one attached hydrogen (secondary N) is 1. The smallest absolute Gasteiger partial charge is 0.273 e. The number of pyridine rings is 1. The third-order valence-electron chi connectivity index (χ3n) is 3.45. The summed E-state index contributed by atoms with van der Waals surface area (Å²) in [6, 6.07) is 1.29. The fraction of sp³-hybridized carbons (Fsp3) is 0.538. The van der Waals surface area contributed by atoms with Crippen LogP contribution >= 0.6 is 11.6 Å². The minimum atomic E-state index is -0.814. The quantitative estimate of drug-likeness (QED) is 0.895. The van der Waals surface area contributed by atoms with Gasteiger partial charge in [-0.05, 0) is 18.9 Å². The maximum absolute atomic E-state index is 13.6. The number of carbonyl (C=O) groups excluding carboxylic acids is 1. The van der Waals surface area contributed by atoms with E-state index in [-0.39, 0.29) is 16.6 Å². The van der Waals surface area contributed by atoms with Crippen LogP contribution in [-0.4, -0.2) is 28.6 Å². The molecule has 19 heavy (non-hydrogen) atoms. The maximum atomic E-state index is 13.6. The minimum absolute atomic E-state index is 0.0277. The summed E-state index contributed by atoms with van der Waals surface area (Å²) in [6.07, 6.45) is 4.57. The molecule has 1 saturated carbocycles. The lowest BCUT2D eigenvalue weighted by Gasteiger charge is -2.27. The topological polar surface area (TPSA) is 62.2 Å². The molecule has 104 valence electrons. The molecule has 1 aliphatic rings. The Bertz CT molecular complexity index is 470. The highest BCUT2D eigenvalue weighted by Crippen LogP contribution is 2.23. The van der Waals surface area contributed by atoms with Gasteiger partial charge >= 0.3 is 0 Å². The van der Waals surface area contributed by atoms with Gasteiger partial charge in [-0.25, -0.2) is 9.37 Å². The Morgan fingerprint density at radius 2 is 2.26 bits per heavy atom. The first kappa shape index (κ1) is 14.2. The summed E-state index contributed by atoms with van der Waals surface area (Å²) in [5.41, 5.74) is -0.308. The summed E-state index contributed by atoms with van der Waals surface area (Å²) >= 11 is 5.59. The lowest BCUT2D eigenvalue weighted by atomic mass is 9.86. The van der Waals surface area contributed by atoms with Crippen LogP contribution in [0.5, 0.6) is 0 Å². The van der Waals surface area contributed by atoms with Gasteiger partial charge in [0.15, 0.2) is 11.5 Å². The van der Waals surface area contributed by atoms with Crippen LogP contribution in [0.15, 0.2) is 12.3 Å². The fourth-order valence-corrected chi connectivity index (χ4v) is 2.46. The zero-order valence-corrected chi connectivity index (χ0v) is 11.2. The van der Waals surface area contributed by atoms with Crippen molar-refractivity contribution in [3.63, 3.8) is 0 Å². The SMILES string of the molecule is O=C(NC[C@H]1CCCC[C@@H]1O)c1nccc(Cl)c1F. The highest BCUT2D eigenvalue weighted by Gasteiger charge is 2.24. The molecule has 1 fully saturated rings. The number of nitrogens with zero attached hydrogens (tertiary/aromatic N) is 1. The van der Waals surface area contributed by atoms with Gasteiger partial charge in [0.05, 0.1) is 11.1 Å². The Balaban J connectivity index is 1.95. The number of rotatable bonds is 3. The number of hydrogen-bond acceptors (Lipinski definition) is 3. The molecule has 0 radical (unpaired) electrons. The van der Waals surface area contributed by atoms with Crippen LogP contribution in [0.4, 0.5) is 4.39 Å². The molecule has 0 aliphatic heterocycles. The molecule has 0 saturated heterocycles. The summed E-state index contributed by atoms with van der Waals surface area (Å²) in [5.74, 6) is -1.39. The number of aromatic nitrogens is 1. The summed E-state index contributed by atoms with van der Waals surface area (Å²) in [4.78, 5) is 15.5. The number of aliphatic hydroxyl groups excluding tert-OH is 1. The second kappa shape index (κ2) is 6.30. The molecule has 2 N–H and O–H groups in total. The number of amides is 1. The first-order valence-corrected chi connectivity index (χ1v) is 6.73. The van der Waals surface area contributed by atoms with E-state index >= 15 is 0 Å². The minimum Gasteiger partial charge on any atom is -0.393 e. The zero-order chi connectivity index (χ0) is 13.8. The van der Waals surface area contributed by atoms with Crippen molar-refractivity contribution in [2.24, 2.45) is 5.92 Å². The van der Waals surface area contributed by atoms with E-state index in [1.54, 1.807) is 0 Å². The average Bonchev–Trinajstić information content (AvgIpc) is 2.40. The zero-order valence-electron chi connectivity index (χ0n) is 10.4. The van der Waals surface area contributed by atoms with Gasteiger partial charge in [0.25, 0.3) is 5.91 Å². The van der Waals surface area contributed by atoms with Gasteiger partial charge in [-0.15, -0.1) is 0 Å². The molecule has 0 bridgehead atoms. The van der Waals surface area contributed by atoms with Gasteiger partial charge < -0.3 is 10.4 Å². The second-order valence-corrected chi connectivity index (χ2v) is 5.18. The van der Waals surface area contributed by atoms with Crippen LogP contribution in [0.3, 0.4) is 0 Å². The third kappa shape index (κ3) is 3.42. The molecular formula is C13H16ClFN2O2. The van der Waals surface area contributed by atoms with E-state index in [1.807, 2.05) is 0 Å². The van der Waals surface area contributed by atoms with Gasteiger partial charge in [-0.3, -0.25) is 4.79 Å². The standard InChI is InChI=1S/C13H16ClFN2O2/c14-9-5-6-16-12(11(9)15)13(19)17-7-8-3-1-2-4-10(8)18/h5-6,8,10,18H,1-4,7H2,(H,17,19)/t8-,10+/m1/s1. The molecule has 1 aliphatic carbocycles. The highest BCUT2D eigenvalue weighted by atomic mass is 35.5. The van der Waals surface area contributed by atoms with Crippen molar-refractivity contribution in [3.8, 4) is 0 Å². The number of carbonyl (C=O) groups is 1. The first-order valence-electron chi connectivity index (χ1n) is 6.36. The van der Waals surface area contributed by atoms with Crippen LogP contribution in [0.2, 0.25) is 5.02 Å². The summed E-state index contributed by atoms with van der Waals surface area (Å²) in [6.45, 7) is 0.327. The van der Waals surface area contributed by atoms with Crippen molar-refractivity contribution in [2.75, 3.05) is 6.54 Å². The van der Waals surface area contributed by atoms with E-state index in [0.717, 1.165) is 25.7 Å². The van der Waals surface area contributed by atoms with E-state index in [2.05, 4.69) is 10.3 Å². The van der Waals surface area contributed by atoms with Crippen molar-refractivity contribution >= 4 is 17.5 Å². The van der Waals surface area contributed by atoms with E-state index in [4.69, 9.17) is 11.6 Å². The summed E-state index contributed by atoms with van der Waals surface area (Å²) in [5, 5.41) is 12.3. The van der Waals surface area contributed by atoms with Gasteiger partial charge in [0.1, 0.15) is 0 Å². The Morgan fingerprint density at radius 3 is 3.00 bits per heavy atom. The monoisotopic (exact) mass is 286 g/mol. The van der Waals surface area contributed by atoms with Crippen molar-refractivity contribution < 1.29 is 14.3 Å². The second-order valence-electron chi connectivity index (χ2n) is 4.78. The number of halogens is 2. The van der Waals surface area contributed by atoms with Gasteiger partial charge in [-0.2, -0.15) is 0 Å². The van der Waals surface area contributed by atoms with Gasteiger partial charge in [-0.1, -0.05) is 24.4 Å². The van der Waals surface area contributed by atoms with Crippen molar-refractivity contribution in [3.05, 3.63) is 28.8 Å². The Labute approximate surface area is 116 Å². The summed E-state index contributed by atoms with van der Waals surface area (Å²) < 4.78 is 13.6. The van der Waals surface area contributed by atoms with E-state index in [1.165, 1.54) is 12.3 Å². The lowest BCUT2D eigenvalue weighted by Crippen LogP contribution is -2.37. The highest BCUT2D eigenvalue weighted by molar-refractivity contribution is 6.31. The Morgan fingerprint density at radius 1 is 1.53 bits per heavy atom. The molecule has 1 aromatic rings. The van der Waals surface area contributed by atoms with Crippen molar-refractivity contribution in [1.82, 2.24) is 10.3 Å². The molecule has 4 nitrogen and oxygen atoms in total. The van der Waals surface area contributed by atoms with Crippen LogP contribution in [0.1, 0.15) is 36.2 Å². The molecule has 2 rings (SSSR count). The molecule has 1 heterocycles. The fourth-order valence-electron chi connectivity index (χ4n) is 2.31. The molecule has 1 amide bonds. The van der Waals surface area contributed by atoms with E-state index < -0.39 is 17.8 Å². The van der Waals surface area contributed by atoms with Crippen LogP contribution in [0.25, 0.3) is 0 Å². The first-order chi connectivity index (χ1) is 9.09. The summed E-state index contributed by atoms with van der Waals surface area (Å²) in [7, 11) is 0. The maximum Gasteiger partial charge on any atom is 0.273 e. The molecule has 1 aromatic heterocycles. The number of hydrogen-bond donors (Lipinski definition) is 2. The largest absolute Gasteiger partial charge is 0.393 e. The normalized spacial score (nSPS) is 23.1. The molecule has 6 heteroatoms. The van der Waals surface area contributed by atoms with E-state index in [9.17, 15) is 14.3 Å². The van der Waals surface area contributed by atoms with Crippen LogP contribution in [0, 0.1) is 11.7 Å². The van der Waals surface area contributed by atoms with Crippen LogP contribution < -0.4 is 5.32 Å². The lowest BCUT2D eigenvalue weighted by molar-refractivity contribution is 0.0660. The predicted molar refractivity (Wildman–Crippen MR) is 69.5 cm³/mol. The Kier molecular flexibility index (Phi) is 4.71. The van der Waals surface area contributed by atoms with E-state index in [0.29, 0.717) is 6.54 Å². The number of aliphatic hydroxyl groups is 1. The average molecular weight is 287 g/mol. The van der Waals surface area contributed by atoms with Crippen LogP contribution in [-0.2, 0) is 0 Å². The van der Waals surface area contributed by atoms with Crippen molar-refractivity contribution in [1.29, 1.82) is 0 Å². The third-order valence-corrected chi connectivity index (χ3v) is 3.74. The molecule has 0 aromatic carbocycles. The molecule has 2 atom stereocenters.